The van der Waals surface area contributed by atoms with Crippen molar-refractivity contribution < 1.29 is 9.13 Å². The van der Waals surface area contributed by atoms with Gasteiger partial charge in [-0.25, -0.2) is 14.4 Å². The van der Waals surface area contributed by atoms with E-state index in [0.717, 1.165) is 11.1 Å². The number of hydrogen-bond acceptors (Lipinski definition) is 5. The largest absolute Gasteiger partial charge is 0.496 e. The Bertz CT molecular complexity index is 929. The minimum atomic E-state index is -0.285. The summed E-state index contributed by atoms with van der Waals surface area (Å²) in [7, 11) is 1.57. The number of hydrogen-bond donors (Lipinski definition) is 1. The molecule has 2 aromatic heterocycles. The molecule has 7 heteroatoms. The van der Waals surface area contributed by atoms with Crippen LogP contribution in [0.1, 0.15) is 11.4 Å². The lowest BCUT2D eigenvalue weighted by Crippen LogP contribution is -2.13. The second-order valence-electron chi connectivity index (χ2n) is 5.28. The molecule has 24 heavy (non-hydrogen) atoms. The second-order valence-corrected chi connectivity index (χ2v) is 5.28. The van der Waals surface area contributed by atoms with E-state index in [1.165, 1.54) is 12.4 Å². The summed E-state index contributed by atoms with van der Waals surface area (Å²) in [6, 6.07) is 8.49. The fourth-order valence-electron chi connectivity index (χ4n) is 2.72. The van der Waals surface area contributed by atoms with Gasteiger partial charge in [-0.15, -0.1) is 0 Å². The highest BCUT2D eigenvalue weighted by molar-refractivity contribution is 5.88. The van der Waals surface area contributed by atoms with Crippen molar-refractivity contribution in [3.63, 3.8) is 0 Å². The van der Waals surface area contributed by atoms with Gasteiger partial charge in [-0.05, 0) is 25.1 Å². The normalized spacial score (nSPS) is 10.6. The molecule has 0 aliphatic carbocycles. The summed E-state index contributed by atoms with van der Waals surface area (Å²) in [4.78, 5) is 7.88. The zero-order valence-electron chi connectivity index (χ0n) is 13.4. The van der Waals surface area contributed by atoms with Crippen molar-refractivity contribution in [2.45, 2.75) is 13.5 Å². The molecule has 0 spiro atoms. The lowest BCUT2D eigenvalue weighted by molar-refractivity contribution is 0.419. The van der Waals surface area contributed by atoms with E-state index in [1.807, 2.05) is 23.6 Å². The Morgan fingerprint density at radius 2 is 2.17 bits per heavy atom. The molecule has 1 aromatic carbocycles. The number of anilines is 1. The molecule has 122 valence electrons. The molecule has 0 fully saturated rings. The van der Waals surface area contributed by atoms with Crippen LogP contribution in [-0.4, -0.2) is 28.2 Å². The van der Waals surface area contributed by atoms with Gasteiger partial charge in [0.25, 0.3) is 0 Å². The van der Waals surface area contributed by atoms with E-state index in [0.29, 0.717) is 35.9 Å². The fourth-order valence-corrected chi connectivity index (χ4v) is 2.72. The van der Waals surface area contributed by atoms with Gasteiger partial charge >= 0.3 is 0 Å². The number of fused-ring (bicyclic) bond motifs is 1. The molecular formula is C17H16FN5O. The lowest BCUT2D eigenvalue weighted by Gasteiger charge is -2.11. The van der Waals surface area contributed by atoms with Crippen molar-refractivity contribution in [3.8, 4) is 11.8 Å². The van der Waals surface area contributed by atoms with Crippen LogP contribution in [0.4, 0.5) is 10.2 Å². The first kappa shape index (κ1) is 15.7. The summed E-state index contributed by atoms with van der Waals surface area (Å²) in [6.07, 6.45) is 1.34. The van der Waals surface area contributed by atoms with Crippen LogP contribution in [0.15, 0.2) is 30.6 Å². The predicted octanol–water partition coefficient (Wildman–Crippen LogP) is 2.87. The van der Waals surface area contributed by atoms with Gasteiger partial charge in [-0.1, -0.05) is 0 Å². The molecule has 2 heterocycles. The Morgan fingerprint density at radius 3 is 2.92 bits per heavy atom. The molecule has 0 unspecified atom stereocenters. The third-order valence-electron chi connectivity index (χ3n) is 3.82. The van der Waals surface area contributed by atoms with E-state index in [-0.39, 0.29) is 5.82 Å². The Hall–Kier alpha value is -3.14. The van der Waals surface area contributed by atoms with Gasteiger partial charge in [0.15, 0.2) is 0 Å². The van der Waals surface area contributed by atoms with Crippen LogP contribution in [0.3, 0.4) is 0 Å². The average Bonchev–Trinajstić information content (AvgIpc) is 2.93. The van der Waals surface area contributed by atoms with Crippen molar-refractivity contribution in [3.05, 3.63) is 47.8 Å². The van der Waals surface area contributed by atoms with Gasteiger partial charge < -0.3 is 14.6 Å². The van der Waals surface area contributed by atoms with Crippen molar-refractivity contribution in [1.82, 2.24) is 14.5 Å². The van der Waals surface area contributed by atoms with E-state index in [4.69, 9.17) is 10.00 Å². The van der Waals surface area contributed by atoms with Crippen LogP contribution in [0, 0.1) is 24.1 Å². The standard InChI is InChI=1S/C17H16FN5O/c1-11-7-13-15(24-2)4-3-14(18)17(13)23(11)6-5-20-16-8-12(9-19)21-10-22-16/h3-4,7-8,10H,5-6H2,1-2H3,(H,20,21,22). The number of halogens is 1. The lowest BCUT2D eigenvalue weighted by atomic mass is 10.2. The summed E-state index contributed by atoms with van der Waals surface area (Å²) in [5, 5.41) is 12.7. The van der Waals surface area contributed by atoms with E-state index in [1.54, 1.807) is 19.2 Å². The van der Waals surface area contributed by atoms with E-state index >= 15 is 0 Å². The molecule has 0 saturated carbocycles. The molecule has 6 nitrogen and oxygen atoms in total. The number of nitrogens with zero attached hydrogens (tertiary/aromatic N) is 4. The van der Waals surface area contributed by atoms with Crippen LogP contribution in [0.2, 0.25) is 0 Å². The number of ether oxygens (including phenoxy) is 1. The number of aromatic nitrogens is 3. The van der Waals surface area contributed by atoms with Gasteiger partial charge in [0, 0.05) is 30.2 Å². The smallest absolute Gasteiger partial charge is 0.147 e. The summed E-state index contributed by atoms with van der Waals surface area (Å²) < 4.78 is 21.5. The number of aryl methyl sites for hydroxylation is 1. The molecule has 3 aromatic rings. The van der Waals surface area contributed by atoms with Crippen LogP contribution in [0.5, 0.6) is 5.75 Å². The fraction of sp³-hybridized carbons (Fsp3) is 0.235. The zero-order chi connectivity index (χ0) is 17.1. The highest BCUT2D eigenvalue weighted by atomic mass is 19.1. The zero-order valence-corrected chi connectivity index (χ0v) is 13.4. The van der Waals surface area contributed by atoms with Crippen LogP contribution >= 0.6 is 0 Å². The summed E-state index contributed by atoms with van der Waals surface area (Å²) >= 11 is 0. The van der Waals surface area contributed by atoms with Crippen molar-refractivity contribution in [1.29, 1.82) is 5.26 Å². The Labute approximate surface area is 138 Å². The topological polar surface area (TPSA) is 75.8 Å². The molecule has 0 atom stereocenters. The highest BCUT2D eigenvalue weighted by Crippen LogP contribution is 2.30. The minimum absolute atomic E-state index is 0.285. The van der Waals surface area contributed by atoms with Crippen LogP contribution in [0.25, 0.3) is 10.9 Å². The summed E-state index contributed by atoms with van der Waals surface area (Å²) in [6.45, 7) is 3.01. The second kappa shape index (κ2) is 6.54. The SMILES string of the molecule is COc1ccc(F)c2c1cc(C)n2CCNc1cc(C#N)ncn1. The number of benzene rings is 1. The molecule has 0 saturated heterocycles. The Morgan fingerprint density at radius 1 is 1.33 bits per heavy atom. The molecular weight excluding hydrogens is 309 g/mol. The molecule has 1 N–H and O–H groups in total. The molecule has 0 aliphatic heterocycles. The molecule has 0 aliphatic rings. The molecule has 0 amide bonds. The van der Waals surface area contributed by atoms with Gasteiger partial charge in [-0.2, -0.15) is 5.26 Å². The predicted molar refractivity (Wildman–Crippen MR) is 88.4 cm³/mol. The van der Waals surface area contributed by atoms with Crippen LogP contribution < -0.4 is 10.1 Å². The quantitative estimate of drug-likeness (QED) is 0.780. The van der Waals surface area contributed by atoms with Crippen molar-refractivity contribution in [2.75, 3.05) is 19.0 Å². The Kier molecular flexibility index (Phi) is 4.29. The Balaban J connectivity index is 1.83. The first-order chi connectivity index (χ1) is 11.6. The van der Waals surface area contributed by atoms with E-state index < -0.39 is 0 Å². The number of nitrogens with one attached hydrogen (secondary N) is 1. The third kappa shape index (κ3) is 2.86. The summed E-state index contributed by atoms with van der Waals surface area (Å²) in [5.41, 5.74) is 1.76. The maximum atomic E-state index is 14.3. The van der Waals surface area contributed by atoms with Gasteiger partial charge in [-0.3, -0.25) is 0 Å². The molecule has 0 radical (unpaired) electrons. The van der Waals surface area contributed by atoms with Gasteiger partial charge in [0.2, 0.25) is 0 Å². The van der Waals surface area contributed by atoms with Gasteiger partial charge in [0.1, 0.15) is 35.5 Å². The first-order valence-electron chi connectivity index (χ1n) is 7.42. The number of nitriles is 1. The average molecular weight is 325 g/mol. The van der Waals surface area contributed by atoms with E-state index in [2.05, 4.69) is 15.3 Å². The first-order valence-corrected chi connectivity index (χ1v) is 7.42. The van der Waals surface area contributed by atoms with Crippen molar-refractivity contribution in [2.24, 2.45) is 0 Å². The molecule has 3 rings (SSSR count). The monoisotopic (exact) mass is 325 g/mol. The highest BCUT2D eigenvalue weighted by Gasteiger charge is 2.14. The third-order valence-corrected chi connectivity index (χ3v) is 3.82. The van der Waals surface area contributed by atoms with Gasteiger partial charge in [0.05, 0.1) is 12.6 Å². The maximum Gasteiger partial charge on any atom is 0.147 e. The number of methoxy groups -OCH3 is 1. The summed E-state index contributed by atoms with van der Waals surface area (Å²) in [5.74, 6) is 0.928. The van der Waals surface area contributed by atoms with E-state index in [9.17, 15) is 4.39 Å². The maximum absolute atomic E-state index is 14.3. The van der Waals surface area contributed by atoms with Crippen LogP contribution in [-0.2, 0) is 6.54 Å². The van der Waals surface area contributed by atoms with Crippen molar-refractivity contribution >= 4 is 16.7 Å². The number of rotatable bonds is 5. The molecule has 0 bridgehead atoms. The minimum Gasteiger partial charge on any atom is -0.496 e.